The molecular weight excluding hydrogens is 289 g/mol. The number of nitrogens with two attached hydrogens (primary N) is 1. The number of aromatic nitrogens is 2. The van der Waals surface area contributed by atoms with Crippen LogP contribution in [0.3, 0.4) is 0 Å². The number of ether oxygens (including phenoxy) is 1. The summed E-state index contributed by atoms with van der Waals surface area (Å²) in [5.41, 5.74) is 7.20. The number of benzene rings is 1. The molecule has 0 aliphatic rings. The van der Waals surface area contributed by atoms with Gasteiger partial charge in [-0.3, -0.25) is 4.68 Å². The van der Waals surface area contributed by atoms with Gasteiger partial charge in [0.15, 0.2) is 5.75 Å². The molecule has 2 N–H and O–H groups in total. The van der Waals surface area contributed by atoms with E-state index in [1.54, 1.807) is 37.2 Å². The zero-order valence-corrected chi connectivity index (χ0v) is 13.1. The van der Waals surface area contributed by atoms with Gasteiger partial charge in [-0.15, -0.1) is 11.8 Å². The number of nitrogens with zero attached hydrogens (tertiary/aromatic N) is 2. The van der Waals surface area contributed by atoms with E-state index < -0.39 is 0 Å². The lowest BCUT2D eigenvalue weighted by molar-refractivity contribution is 0.403. The van der Waals surface area contributed by atoms with Gasteiger partial charge in [0.05, 0.1) is 25.0 Å². The Labute approximate surface area is 128 Å². The van der Waals surface area contributed by atoms with Gasteiger partial charge in [-0.1, -0.05) is 6.92 Å². The van der Waals surface area contributed by atoms with E-state index in [4.69, 9.17) is 10.5 Å². The lowest BCUT2D eigenvalue weighted by Crippen LogP contribution is -2.19. The highest BCUT2D eigenvalue weighted by Gasteiger charge is 2.18. The van der Waals surface area contributed by atoms with Crippen LogP contribution in [0.5, 0.6) is 5.75 Å². The second-order valence-electron chi connectivity index (χ2n) is 4.69. The maximum atomic E-state index is 12.9. The summed E-state index contributed by atoms with van der Waals surface area (Å²) in [5.74, 6) is 1.17. The highest BCUT2D eigenvalue weighted by molar-refractivity contribution is 7.99. The average molecular weight is 309 g/mol. The van der Waals surface area contributed by atoms with Crippen molar-refractivity contribution in [3.05, 3.63) is 42.0 Å². The van der Waals surface area contributed by atoms with E-state index in [-0.39, 0.29) is 11.9 Å². The third-order valence-corrected chi connectivity index (χ3v) is 4.23. The molecule has 4 nitrogen and oxygen atoms in total. The molecule has 0 bridgehead atoms. The lowest BCUT2D eigenvalue weighted by Gasteiger charge is -2.15. The molecule has 1 unspecified atom stereocenters. The molecule has 114 valence electrons. The fraction of sp³-hybridized carbons (Fsp3) is 0.400. The van der Waals surface area contributed by atoms with Gasteiger partial charge >= 0.3 is 0 Å². The molecule has 0 aliphatic carbocycles. The van der Waals surface area contributed by atoms with Gasteiger partial charge in [0.25, 0.3) is 0 Å². The summed E-state index contributed by atoms with van der Waals surface area (Å²) in [4.78, 5) is 0.993. The van der Waals surface area contributed by atoms with Crippen LogP contribution in [0.4, 0.5) is 4.39 Å². The van der Waals surface area contributed by atoms with Crippen LogP contribution in [0.2, 0.25) is 0 Å². The molecule has 2 aromatic rings. The Morgan fingerprint density at radius 2 is 2.10 bits per heavy atom. The topological polar surface area (TPSA) is 53.1 Å². The summed E-state index contributed by atoms with van der Waals surface area (Å²) in [6.07, 6.45) is 2.68. The van der Waals surface area contributed by atoms with Crippen molar-refractivity contribution in [3.63, 3.8) is 0 Å². The third kappa shape index (κ3) is 3.98. The first-order chi connectivity index (χ1) is 10.2. The summed E-state index contributed by atoms with van der Waals surface area (Å²) < 4.78 is 20.1. The number of methoxy groups -OCH3 is 1. The number of thioether (sulfide) groups is 1. The summed E-state index contributed by atoms with van der Waals surface area (Å²) >= 11 is 1.59. The van der Waals surface area contributed by atoms with Crippen molar-refractivity contribution in [2.45, 2.75) is 30.8 Å². The molecule has 1 atom stereocenters. The second kappa shape index (κ2) is 7.47. The number of aryl methyl sites for hydroxylation is 1. The van der Waals surface area contributed by atoms with Crippen LogP contribution in [0.15, 0.2) is 35.4 Å². The fourth-order valence-corrected chi connectivity index (χ4v) is 2.95. The molecule has 1 aromatic heterocycles. The van der Waals surface area contributed by atoms with E-state index in [9.17, 15) is 4.39 Å². The molecule has 0 aliphatic heterocycles. The van der Waals surface area contributed by atoms with E-state index in [0.29, 0.717) is 5.75 Å². The highest BCUT2D eigenvalue weighted by Crippen LogP contribution is 2.29. The molecule has 21 heavy (non-hydrogen) atoms. The average Bonchev–Trinajstić information content (AvgIpc) is 2.90. The van der Waals surface area contributed by atoms with Crippen molar-refractivity contribution in [1.29, 1.82) is 0 Å². The molecule has 0 saturated heterocycles. The summed E-state index contributed by atoms with van der Waals surface area (Å²) in [6, 6.07) is 6.23. The smallest absolute Gasteiger partial charge is 0.161 e. The number of rotatable bonds is 7. The van der Waals surface area contributed by atoms with Crippen molar-refractivity contribution < 1.29 is 9.13 Å². The highest BCUT2D eigenvalue weighted by atomic mass is 32.2. The molecule has 6 heteroatoms. The van der Waals surface area contributed by atoms with Crippen molar-refractivity contribution in [2.75, 3.05) is 12.9 Å². The van der Waals surface area contributed by atoms with Gasteiger partial charge in [0, 0.05) is 17.2 Å². The van der Waals surface area contributed by atoms with Crippen LogP contribution in [0, 0.1) is 5.82 Å². The van der Waals surface area contributed by atoms with E-state index in [0.717, 1.165) is 29.3 Å². The molecule has 0 spiro atoms. The molecule has 0 radical (unpaired) electrons. The van der Waals surface area contributed by atoms with Crippen LogP contribution in [0.25, 0.3) is 0 Å². The number of halogens is 1. The predicted molar refractivity (Wildman–Crippen MR) is 83.1 cm³/mol. The zero-order valence-electron chi connectivity index (χ0n) is 12.3. The van der Waals surface area contributed by atoms with Crippen LogP contribution >= 0.6 is 11.8 Å². The molecular formula is C15H20FN3OS. The molecule has 2 rings (SSSR count). The third-order valence-electron chi connectivity index (χ3n) is 3.09. The lowest BCUT2D eigenvalue weighted by atomic mass is 10.2. The standard InChI is InChI=1S/C15H20FN3OS/c1-3-8-19-15(14(20-2)9-18-19)13(17)10-21-12-6-4-11(16)5-7-12/h4-7,9,13H,3,8,10,17H2,1-2H3. The van der Waals surface area contributed by atoms with Crippen LogP contribution in [-0.4, -0.2) is 22.6 Å². The maximum absolute atomic E-state index is 12.9. The van der Waals surface area contributed by atoms with E-state index in [1.807, 2.05) is 4.68 Å². The first kappa shape index (κ1) is 15.9. The Balaban J connectivity index is 2.07. The largest absolute Gasteiger partial charge is 0.493 e. The van der Waals surface area contributed by atoms with Crippen LogP contribution in [-0.2, 0) is 6.54 Å². The Bertz CT molecular complexity index is 571. The minimum atomic E-state index is -0.230. The maximum Gasteiger partial charge on any atom is 0.161 e. The first-order valence-corrected chi connectivity index (χ1v) is 7.88. The SMILES string of the molecule is CCCn1ncc(OC)c1C(N)CSc1ccc(F)cc1. The van der Waals surface area contributed by atoms with Gasteiger partial charge in [-0.05, 0) is 30.7 Å². The van der Waals surface area contributed by atoms with Crippen molar-refractivity contribution in [1.82, 2.24) is 9.78 Å². The molecule has 0 fully saturated rings. The van der Waals surface area contributed by atoms with Crippen LogP contribution < -0.4 is 10.5 Å². The van der Waals surface area contributed by atoms with Crippen molar-refractivity contribution >= 4 is 11.8 Å². The van der Waals surface area contributed by atoms with Crippen LogP contribution in [0.1, 0.15) is 25.1 Å². The number of hydrogen-bond acceptors (Lipinski definition) is 4. The normalized spacial score (nSPS) is 12.4. The Kier molecular flexibility index (Phi) is 5.64. The second-order valence-corrected chi connectivity index (χ2v) is 5.79. The van der Waals surface area contributed by atoms with E-state index in [1.165, 1.54) is 12.1 Å². The van der Waals surface area contributed by atoms with Gasteiger partial charge < -0.3 is 10.5 Å². The molecule has 0 amide bonds. The predicted octanol–water partition coefficient (Wildman–Crippen LogP) is 3.23. The minimum absolute atomic E-state index is 0.191. The molecule has 1 aromatic carbocycles. The first-order valence-electron chi connectivity index (χ1n) is 6.89. The molecule has 1 heterocycles. The fourth-order valence-electron chi connectivity index (χ4n) is 2.09. The van der Waals surface area contributed by atoms with Gasteiger partial charge in [0.1, 0.15) is 5.82 Å². The summed E-state index contributed by atoms with van der Waals surface area (Å²) in [5, 5.41) is 4.32. The van der Waals surface area contributed by atoms with Gasteiger partial charge in [-0.25, -0.2) is 4.39 Å². The molecule has 0 saturated carbocycles. The van der Waals surface area contributed by atoms with E-state index >= 15 is 0 Å². The summed E-state index contributed by atoms with van der Waals surface area (Å²) in [7, 11) is 1.62. The van der Waals surface area contributed by atoms with Gasteiger partial charge in [0.2, 0.25) is 0 Å². The Morgan fingerprint density at radius 3 is 2.71 bits per heavy atom. The van der Waals surface area contributed by atoms with Crippen molar-refractivity contribution in [3.8, 4) is 5.75 Å². The zero-order chi connectivity index (χ0) is 15.2. The summed E-state index contributed by atoms with van der Waals surface area (Å²) in [6.45, 7) is 2.91. The van der Waals surface area contributed by atoms with Gasteiger partial charge in [-0.2, -0.15) is 5.10 Å². The Hall–Kier alpha value is -1.53. The van der Waals surface area contributed by atoms with E-state index in [2.05, 4.69) is 12.0 Å². The van der Waals surface area contributed by atoms with Crippen molar-refractivity contribution in [2.24, 2.45) is 5.73 Å². The monoisotopic (exact) mass is 309 g/mol. The Morgan fingerprint density at radius 1 is 1.38 bits per heavy atom. The quantitative estimate of drug-likeness (QED) is 0.798. The number of hydrogen-bond donors (Lipinski definition) is 1. The minimum Gasteiger partial charge on any atom is -0.493 e.